The first kappa shape index (κ1) is 17.7. The summed E-state index contributed by atoms with van der Waals surface area (Å²) in [5, 5.41) is 16.7. The summed E-state index contributed by atoms with van der Waals surface area (Å²) in [4.78, 5) is 0.125. The molecule has 0 fully saturated rings. The molecular weight excluding hydrogens is 432 g/mol. The number of primary sulfonamides is 1. The Balaban J connectivity index is 1.80. The molecule has 3 N–H and O–H groups in total. The summed E-state index contributed by atoms with van der Waals surface area (Å²) in [7, 11) is -3.63. The van der Waals surface area contributed by atoms with Gasteiger partial charge in [0, 0.05) is 0 Å². The maximum atomic E-state index is 11.2. The summed E-state index contributed by atoms with van der Waals surface area (Å²) < 4.78 is 24.7. The van der Waals surface area contributed by atoms with Crippen LogP contribution in [0.3, 0.4) is 0 Å². The van der Waals surface area contributed by atoms with Crippen LogP contribution in [0.15, 0.2) is 59.5 Å². The van der Waals surface area contributed by atoms with Gasteiger partial charge in [-0.05, 0) is 0 Å². The second kappa shape index (κ2) is 8.27. The summed E-state index contributed by atoms with van der Waals surface area (Å²) in [5.74, 6) is 0. The van der Waals surface area contributed by atoms with Crippen LogP contribution in [-0.2, 0) is 10.0 Å². The molecular formula is C15H17NO3SSe2. The average Bonchev–Trinajstić information content (AvgIpc) is 2.51. The van der Waals surface area contributed by atoms with E-state index >= 15 is 0 Å². The van der Waals surface area contributed by atoms with Gasteiger partial charge < -0.3 is 0 Å². The van der Waals surface area contributed by atoms with Crippen molar-refractivity contribution in [2.45, 2.75) is 21.6 Å². The maximum absolute atomic E-state index is 11.2. The first-order valence-electron chi connectivity index (χ1n) is 6.57. The van der Waals surface area contributed by atoms with Crippen LogP contribution in [0.5, 0.6) is 0 Å². The van der Waals surface area contributed by atoms with E-state index in [-0.39, 0.29) is 40.9 Å². The Morgan fingerprint density at radius 3 is 1.91 bits per heavy atom. The molecule has 0 aliphatic heterocycles. The van der Waals surface area contributed by atoms with E-state index in [4.69, 9.17) is 5.14 Å². The Kier molecular flexibility index (Phi) is 6.65. The minimum atomic E-state index is -3.63. The molecule has 7 heteroatoms. The Labute approximate surface area is 143 Å². The molecule has 2 aromatic rings. The van der Waals surface area contributed by atoms with Gasteiger partial charge in [-0.15, -0.1) is 0 Å². The van der Waals surface area contributed by atoms with E-state index in [1.54, 1.807) is 12.1 Å². The van der Waals surface area contributed by atoms with Gasteiger partial charge in [0.2, 0.25) is 0 Å². The summed E-state index contributed by atoms with van der Waals surface area (Å²) in [6.07, 6.45) is -0.307. The molecule has 0 saturated carbocycles. The number of nitrogens with two attached hydrogens (primary N) is 1. The van der Waals surface area contributed by atoms with Crippen molar-refractivity contribution in [2.24, 2.45) is 5.14 Å². The van der Waals surface area contributed by atoms with Crippen LogP contribution >= 0.6 is 0 Å². The molecule has 0 aliphatic carbocycles. The number of hydrogen-bond acceptors (Lipinski definition) is 3. The number of aliphatic hydroxyl groups excluding tert-OH is 1. The zero-order chi connectivity index (χ0) is 16.0. The Morgan fingerprint density at radius 2 is 1.41 bits per heavy atom. The molecule has 0 amide bonds. The third-order valence-corrected chi connectivity index (χ3v) is 8.56. The molecule has 4 nitrogen and oxygen atoms in total. The van der Waals surface area contributed by atoms with Crippen molar-refractivity contribution >= 4 is 48.9 Å². The zero-order valence-corrected chi connectivity index (χ0v) is 16.0. The number of sulfonamides is 1. The predicted molar refractivity (Wildman–Crippen MR) is 90.7 cm³/mol. The standard InChI is InChI=1S/C15H17NO3SSe2/c16-20(18,19)13-6-8-15(9-7-13)22-11-12(17)10-21-14-4-2-1-3-5-14/h1-9,12,17H,10-11H2,(H2,16,18,19). The second-order valence-electron chi connectivity index (χ2n) is 4.61. The van der Waals surface area contributed by atoms with Crippen molar-refractivity contribution in [2.75, 3.05) is 0 Å². The molecule has 0 aromatic heterocycles. The molecule has 0 bridgehead atoms. The van der Waals surface area contributed by atoms with E-state index < -0.39 is 10.0 Å². The van der Waals surface area contributed by atoms with Gasteiger partial charge >= 0.3 is 144 Å². The van der Waals surface area contributed by atoms with Crippen LogP contribution < -0.4 is 14.1 Å². The molecule has 2 rings (SSSR count). The van der Waals surface area contributed by atoms with Crippen LogP contribution in [0.2, 0.25) is 10.6 Å². The van der Waals surface area contributed by atoms with Gasteiger partial charge in [0.15, 0.2) is 0 Å². The van der Waals surface area contributed by atoms with Gasteiger partial charge in [-0.3, -0.25) is 0 Å². The Bertz CT molecular complexity index is 690. The molecule has 22 heavy (non-hydrogen) atoms. The minimum absolute atomic E-state index is 0.125. The molecule has 0 saturated heterocycles. The van der Waals surface area contributed by atoms with E-state index in [1.807, 2.05) is 18.2 Å². The Morgan fingerprint density at radius 1 is 0.909 bits per heavy atom. The van der Waals surface area contributed by atoms with Gasteiger partial charge in [-0.2, -0.15) is 0 Å². The molecule has 1 atom stereocenters. The van der Waals surface area contributed by atoms with Crippen LogP contribution in [-0.4, -0.2) is 49.5 Å². The average molecular weight is 449 g/mol. The number of hydrogen-bond donors (Lipinski definition) is 2. The quantitative estimate of drug-likeness (QED) is 0.580. The topological polar surface area (TPSA) is 80.4 Å². The van der Waals surface area contributed by atoms with Crippen LogP contribution in [0, 0.1) is 0 Å². The normalized spacial score (nSPS) is 13.0. The summed E-state index contributed by atoms with van der Waals surface area (Å²) in [6.45, 7) is 0. The first-order valence-corrected chi connectivity index (χ1v) is 12.2. The fourth-order valence-electron chi connectivity index (χ4n) is 1.68. The molecule has 0 spiro atoms. The SMILES string of the molecule is NS(=O)(=O)c1ccc([Se]CC(O)C[Se]c2ccccc2)cc1. The first-order chi connectivity index (χ1) is 10.4. The zero-order valence-electron chi connectivity index (χ0n) is 11.8. The monoisotopic (exact) mass is 451 g/mol. The van der Waals surface area contributed by atoms with E-state index in [0.29, 0.717) is 0 Å². The van der Waals surface area contributed by atoms with Gasteiger partial charge in [0.05, 0.1) is 0 Å². The fraction of sp³-hybridized carbons (Fsp3) is 0.200. The van der Waals surface area contributed by atoms with Crippen LogP contribution in [0.1, 0.15) is 0 Å². The van der Waals surface area contributed by atoms with Gasteiger partial charge in [-0.25, -0.2) is 0 Å². The van der Waals surface area contributed by atoms with Gasteiger partial charge in [0.25, 0.3) is 0 Å². The second-order valence-corrected chi connectivity index (χ2v) is 10.8. The van der Waals surface area contributed by atoms with Crippen molar-refractivity contribution in [3.8, 4) is 0 Å². The van der Waals surface area contributed by atoms with Gasteiger partial charge in [0.1, 0.15) is 0 Å². The third kappa shape index (κ3) is 5.86. The van der Waals surface area contributed by atoms with E-state index in [1.165, 1.54) is 16.6 Å². The molecule has 0 aliphatic rings. The fourth-order valence-corrected chi connectivity index (χ4v) is 6.48. The van der Waals surface area contributed by atoms with Crippen LogP contribution in [0.4, 0.5) is 0 Å². The van der Waals surface area contributed by atoms with E-state index in [9.17, 15) is 13.5 Å². The van der Waals surface area contributed by atoms with Gasteiger partial charge in [-0.1, -0.05) is 0 Å². The predicted octanol–water partition coefficient (Wildman–Crippen LogP) is -0.109. The summed E-state index contributed by atoms with van der Waals surface area (Å²) in [6, 6.07) is 16.8. The summed E-state index contributed by atoms with van der Waals surface area (Å²) >= 11 is 0.414. The van der Waals surface area contributed by atoms with Crippen molar-refractivity contribution in [3.05, 3.63) is 54.6 Å². The number of rotatable bonds is 7. The molecule has 0 heterocycles. The molecule has 1 unspecified atom stereocenters. The molecule has 0 radical (unpaired) electrons. The number of aliphatic hydroxyl groups is 1. The van der Waals surface area contributed by atoms with E-state index in [0.717, 1.165) is 15.1 Å². The van der Waals surface area contributed by atoms with Crippen LogP contribution in [0.25, 0.3) is 0 Å². The van der Waals surface area contributed by atoms with Crippen molar-refractivity contribution in [1.29, 1.82) is 0 Å². The third-order valence-electron chi connectivity index (χ3n) is 2.78. The van der Waals surface area contributed by atoms with Crippen molar-refractivity contribution < 1.29 is 13.5 Å². The van der Waals surface area contributed by atoms with Crippen molar-refractivity contribution in [1.82, 2.24) is 0 Å². The molecule has 2 aromatic carbocycles. The summed E-state index contributed by atoms with van der Waals surface area (Å²) in [5.41, 5.74) is 0. The van der Waals surface area contributed by atoms with E-state index in [2.05, 4.69) is 12.1 Å². The Hall–Kier alpha value is -0.651. The molecule has 118 valence electrons. The number of benzene rings is 2. The van der Waals surface area contributed by atoms with Crippen molar-refractivity contribution in [3.63, 3.8) is 0 Å².